The molecular weight excluding hydrogens is 164 g/mol. The third-order valence-corrected chi connectivity index (χ3v) is 2.49. The van der Waals surface area contributed by atoms with E-state index >= 15 is 0 Å². The lowest BCUT2D eigenvalue weighted by Gasteiger charge is -2.27. The second-order valence-electron chi connectivity index (χ2n) is 4.16. The van der Waals surface area contributed by atoms with Gasteiger partial charge in [-0.25, -0.2) is 0 Å². The molecular formula is C11H22O2. The number of methoxy groups -OCH3 is 1. The number of carbonyl (C=O) groups excluding carboxylic acids is 1. The first-order valence-electron chi connectivity index (χ1n) is 5.07. The van der Waals surface area contributed by atoms with E-state index in [1.807, 2.05) is 13.8 Å². The summed E-state index contributed by atoms with van der Waals surface area (Å²) in [6.07, 6.45) is 5.61. The fraction of sp³-hybridized carbons (Fsp3) is 0.909. The largest absolute Gasteiger partial charge is 0.380 e. The van der Waals surface area contributed by atoms with Crippen molar-refractivity contribution in [2.75, 3.05) is 7.11 Å². The highest BCUT2D eigenvalue weighted by molar-refractivity contribution is 5.58. The number of unbranched alkanes of at least 4 members (excludes halogenated alkanes) is 2. The Kier molecular flexibility index (Phi) is 5.97. The number of hydrogen-bond donors (Lipinski definition) is 0. The summed E-state index contributed by atoms with van der Waals surface area (Å²) >= 11 is 0. The van der Waals surface area contributed by atoms with Gasteiger partial charge in [0, 0.05) is 12.5 Å². The summed E-state index contributed by atoms with van der Waals surface area (Å²) in [6, 6.07) is 0. The van der Waals surface area contributed by atoms with Crippen molar-refractivity contribution in [2.24, 2.45) is 5.41 Å². The third-order valence-electron chi connectivity index (χ3n) is 2.49. The zero-order valence-corrected chi connectivity index (χ0v) is 9.30. The van der Waals surface area contributed by atoms with Gasteiger partial charge in [0.1, 0.15) is 6.29 Å². The molecule has 2 nitrogen and oxygen atoms in total. The summed E-state index contributed by atoms with van der Waals surface area (Å²) in [5.74, 6) is 0. The molecule has 0 radical (unpaired) electrons. The van der Waals surface area contributed by atoms with Gasteiger partial charge in [-0.3, -0.25) is 0 Å². The van der Waals surface area contributed by atoms with Crippen LogP contribution in [0.15, 0.2) is 0 Å². The topological polar surface area (TPSA) is 26.3 Å². The fourth-order valence-electron chi connectivity index (χ4n) is 1.45. The Hall–Kier alpha value is -0.370. The van der Waals surface area contributed by atoms with E-state index in [4.69, 9.17) is 4.74 Å². The third kappa shape index (κ3) is 4.41. The molecule has 78 valence electrons. The second kappa shape index (κ2) is 6.14. The highest BCUT2D eigenvalue weighted by Gasteiger charge is 2.28. The van der Waals surface area contributed by atoms with Gasteiger partial charge in [0.15, 0.2) is 0 Å². The minimum atomic E-state index is -0.345. The van der Waals surface area contributed by atoms with Crippen molar-refractivity contribution in [1.29, 1.82) is 0 Å². The van der Waals surface area contributed by atoms with E-state index in [1.165, 1.54) is 12.8 Å². The Morgan fingerprint density at radius 2 is 2.00 bits per heavy atom. The molecule has 0 saturated heterocycles. The molecule has 0 rings (SSSR count). The molecule has 2 heteroatoms. The number of rotatable bonds is 7. The first-order valence-corrected chi connectivity index (χ1v) is 5.07. The molecule has 0 spiro atoms. The maximum Gasteiger partial charge on any atom is 0.128 e. The van der Waals surface area contributed by atoms with Gasteiger partial charge in [-0.1, -0.05) is 40.0 Å². The maximum atomic E-state index is 10.8. The van der Waals surface area contributed by atoms with Crippen molar-refractivity contribution in [3.63, 3.8) is 0 Å². The highest BCUT2D eigenvalue weighted by atomic mass is 16.5. The standard InChI is InChI=1S/C11H22O2/c1-5-6-7-8-10(13-4)11(2,3)9-12/h9-10H,5-8H2,1-4H3. The van der Waals surface area contributed by atoms with Crippen molar-refractivity contribution < 1.29 is 9.53 Å². The molecule has 0 N–H and O–H groups in total. The normalized spacial score (nSPS) is 14.2. The SMILES string of the molecule is CCCCCC(OC)C(C)(C)C=O. The Morgan fingerprint density at radius 1 is 1.38 bits per heavy atom. The van der Waals surface area contributed by atoms with Crippen LogP contribution in [0, 0.1) is 5.41 Å². The van der Waals surface area contributed by atoms with Crippen molar-refractivity contribution in [2.45, 2.75) is 52.6 Å². The van der Waals surface area contributed by atoms with Crippen LogP contribution < -0.4 is 0 Å². The molecule has 0 aromatic carbocycles. The molecule has 13 heavy (non-hydrogen) atoms. The van der Waals surface area contributed by atoms with E-state index in [1.54, 1.807) is 7.11 Å². The molecule has 1 unspecified atom stereocenters. The van der Waals surface area contributed by atoms with Crippen LogP contribution in [0.5, 0.6) is 0 Å². The number of carbonyl (C=O) groups is 1. The average molecular weight is 186 g/mol. The zero-order valence-electron chi connectivity index (χ0n) is 9.30. The van der Waals surface area contributed by atoms with Gasteiger partial charge in [0.2, 0.25) is 0 Å². The molecule has 0 amide bonds. The minimum absolute atomic E-state index is 0.0662. The molecule has 0 aliphatic carbocycles. The number of aldehydes is 1. The molecule has 0 bridgehead atoms. The number of hydrogen-bond acceptors (Lipinski definition) is 2. The summed E-state index contributed by atoms with van der Waals surface area (Å²) in [4.78, 5) is 10.8. The lowest BCUT2D eigenvalue weighted by Crippen LogP contribution is -2.32. The minimum Gasteiger partial charge on any atom is -0.380 e. The van der Waals surface area contributed by atoms with Crippen molar-refractivity contribution in [3.05, 3.63) is 0 Å². The molecule has 0 fully saturated rings. The molecule has 0 aromatic heterocycles. The Balaban J connectivity index is 3.94. The zero-order chi connectivity index (χ0) is 10.3. The Labute approximate surface area is 81.7 Å². The van der Waals surface area contributed by atoms with Crippen LogP contribution in [0.2, 0.25) is 0 Å². The van der Waals surface area contributed by atoms with E-state index in [0.717, 1.165) is 19.1 Å². The van der Waals surface area contributed by atoms with Gasteiger partial charge in [-0.15, -0.1) is 0 Å². The Bertz CT molecular complexity index is 141. The van der Waals surface area contributed by atoms with Crippen molar-refractivity contribution in [1.82, 2.24) is 0 Å². The second-order valence-corrected chi connectivity index (χ2v) is 4.16. The first kappa shape index (κ1) is 12.6. The van der Waals surface area contributed by atoms with Gasteiger partial charge < -0.3 is 9.53 Å². The number of ether oxygens (including phenoxy) is 1. The lowest BCUT2D eigenvalue weighted by atomic mass is 9.85. The summed E-state index contributed by atoms with van der Waals surface area (Å²) < 4.78 is 5.32. The van der Waals surface area contributed by atoms with Crippen LogP contribution >= 0.6 is 0 Å². The van der Waals surface area contributed by atoms with Gasteiger partial charge in [-0.2, -0.15) is 0 Å². The van der Waals surface area contributed by atoms with Crippen LogP contribution in [0.3, 0.4) is 0 Å². The molecule has 0 aliphatic heterocycles. The van der Waals surface area contributed by atoms with E-state index in [-0.39, 0.29) is 11.5 Å². The first-order chi connectivity index (χ1) is 6.08. The van der Waals surface area contributed by atoms with Crippen molar-refractivity contribution in [3.8, 4) is 0 Å². The van der Waals surface area contributed by atoms with Gasteiger partial charge in [-0.05, 0) is 6.42 Å². The van der Waals surface area contributed by atoms with Crippen LogP contribution in [-0.2, 0) is 9.53 Å². The van der Waals surface area contributed by atoms with E-state index < -0.39 is 0 Å². The van der Waals surface area contributed by atoms with Crippen LogP contribution in [0.25, 0.3) is 0 Å². The van der Waals surface area contributed by atoms with Gasteiger partial charge in [0.05, 0.1) is 6.10 Å². The molecule has 1 atom stereocenters. The van der Waals surface area contributed by atoms with Crippen LogP contribution in [0.4, 0.5) is 0 Å². The predicted molar refractivity (Wildman–Crippen MR) is 54.8 cm³/mol. The van der Waals surface area contributed by atoms with Gasteiger partial charge >= 0.3 is 0 Å². The van der Waals surface area contributed by atoms with Gasteiger partial charge in [0.25, 0.3) is 0 Å². The Morgan fingerprint density at radius 3 is 2.38 bits per heavy atom. The van der Waals surface area contributed by atoms with E-state index in [9.17, 15) is 4.79 Å². The van der Waals surface area contributed by atoms with Crippen LogP contribution in [-0.4, -0.2) is 19.5 Å². The summed E-state index contributed by atoms with van der Waals surface area (Å²) in [5, 5.41) is 0. The predicted octanol–water partition coefficient (Wildman–Crippen LogP) is 2.81. The summed E-state index contributed by atoms with van der Waals surface area (Å²) in [7, 11) is 1.68. The molecule has 0 heterocycles. The highest BCUT2D eigenvalue weighted by Crippen LogP contribution is 2.24. The van der Waals surface area contributed by atoms with E-state index in [0.29, 0.717) is 0 Å². The quantitative estimate of drug-likeness (QED) is 0.451. The van der Waals surface area contributed by atoms with Crippen LogP contribution in [0.1, 0.15) is 46.5 Å². The monoisotopic (exact) mass is 186 g/mol. The molecule has 0 saturated carbocycles. The maximum absolute atomic E-state index is 10.8. The lowest BCUT2D eigenvalue weighted by molar-refractivity contribution is -0.122. The summed E-state index contributed by atoms with van der Waals surface area (Å²) in [6.45, 7) is 6.03. The average Bonchev–Trinajstić information content (AvgIpc) is 2.12. The van der Waals surface area contributed by atoms with E-state index in [2.05, 4.69) is 6.92 Å². The van der Waals surface area contributed by atoms with Crippen molar-refractivity contribution >= 4 is 6.29 Å². The fourth-order valence-corrected chi connectivity index (χ4v) is 1.45. The summed E-state index contributed by atoms with van der Waals surface area (Å²) in [5.41, 5.74) is -0.345. The molecule has 0 aliphatic rings. The smallest absolute Gasteiger partial charge is 0.128 e. The molecule has 0 aromatic rings.